The van der Waals surface area contributed by atoms with Gasteiger partial charge in [0.15, 0.2) is 5.82 Å². The van der Waals surface area contributed by atoms with Gasteiger partial charge in [-0.2, -0.15) is 0 Å². The third-order valence-corrected chi connectivity index (χ3v) is 7.47. The number of nitrogens with one attached hydrogen (secondary N) is 1. The summed E-state index contributed by atoms with van der Waals surface area (Å²) < 4.78 is 15.4. The summed E-state index contributed by atoms with van der Waals surface area (Å²) in [6, 6.07) is 12.2. The van der Waals surface area contributed by atoms with E-state index >= 15 is 4.39 Å². The summed E-state index contributed by atoms with van der Waals surface area (Å²) >= 11 is 6.00. The van der Waals surface area contributed by atoms with Gasteiger partial charge < -0.3 is 20.2 Å². The predicted molar refractivity (Wildman–Crippen MR) is 127 cm³/mol. The number of hydrogen-bond donors (Lipinski definition) is 2. The zero-order chi connectivity index (χ0) is 23.9. The molecule has 0 spiro atoms. The topological polar surface area (TPSA) is 76.1 Å². The molecular formula is C25H28ClFN4O3. The molecule has 0 bridgehead atoms. The fourth-order valence-corrected chi connectivity index (χ4v) is 5.45. The Kier molecular flexibility index (Phi) is 6.22. The van der Waals surface area contributed by atoms with E-state index in [1.54, 1.807) is 34.1 Å². The lowest BCUT2D eigenvalue weighted by molar-refractivity contribution is -0.120. The van der Waals surface area contributed by atoms with E-state index in [0.29, 0.717) is 50.7 Å². The number of hydrogen-bond acceptors (Lipinski definition) is 5. The number of fused-ring (bicyclic) bond motifs is 1. The quantitative estimate of drug-likeness (QED) is 0.696. The van der Waals surface area contributed by atoms with Gasteiger partial charge in [0, 0.05) is 50.3 Å². The molecule has 3 aliphatic heterocycles. The Hall–Kier alpha value is -2.68. The van der Waals surface area contributed by atoms with E-state index < -0.39 is 11.4 Å². The lowest BCUT2D eigenvalue weighted by Crippen LogP contribution is -2.60. The van der Waals surface area contributed by atoms with Crippen LogP contribution in [0.3, 0.4) is 0 Å². The van der Waals surface area contributed by atoms with Crippen molar-refractivity contribution in [3.8, 4) is 0 Å². The molecule has 0 saturated carbocycles. The summed E-state index contributed by atoms with van der Waals surface area (Å²) in [5.74, 6) is -1.07. The molecular weight excluding hydrogens is 459 g/mol. The number of benzene rings is 2. The fourth-order valence-electron chi connectivity index (χ4n) is 5.32. The molecule has 3 aliphatic rings. The summed E-state index contributed by atoms with van der Waals surface area (Å²) in [7, 11) is 0. The molecule has 3 saturated heterocycles. The summed E-state index contributed by atoms with van der Waals surface area (Å²) in [5.41, 5.74) is 0.212. The first-order chi connectivity index (χ1) is 16.3. The molecule has 3 heterocycles. The van der Waals surface area contributed by atoms with Crippen molar-refractivity contribution in [1.29, 1.82) is 0 Å². The van der Waals surface area contributed by atoms with E-state index in [0.717, 1.165) is 12.0 Å². The van der Waals surface area contributed by atoms with Crippen LogP contribution in [0.1, 0.15) is 28.8 Å². The highest BCUT2D eigenvalue weighted by atomic mass is 35.5. The van der Waals surface area contributed by atoms with Crippen LogP contribution in [0, 0.1) is 5.82 Å². The zero-order valence-electron chi connectivity index (χ0n) is 18.8. The molecule has 2 amide bonds. The molecule has 180 valence electrons. The van der Waals surface area contributed by atoms with Gasteiger partial charge in [-0.15, -0.1) is 0 Å². The van der Waals surface area contributed by atoms with E-state index in [1.165, 1.54) is 6.07 Å². The number of piperazine rings is 2. The van der Waals surface area contributed by atoms with Crippen molar-refractivity contribution in [3.05, 3.63) is 64.4 Å². The Balaban J connectivity index is 1.28. The zero-order valence-corrected chi connectivity index (χ0v) is 19.6. The molecule has 0 radical (unpaired) electrons. The normalized spacial score (nSPS) is 25.6. The van der Waals surface area contributed by atoms with Crippen molar-refractivity contribution in [1.82, 2.24) is 15.1 Å². The third kappa shape index (κ3) is 4.37. The van der Waals surface area contributed by atoms with Crippen molar-refractivity contribution in [2.75, 3.05) is 50.7 Å². The third-order valence-electron chi connectivity index (χ3n) is 7.22. The number of nitrogens with zero attached hydrogens (tertiary/aromatic N) is 3. The van der Waals surface area contributed by atoms with Crippen molar-refractivity contribution >= 4 is 29.1 Å². The van der Waals surface area contributed by atoms with E-state index in [4.69, 9.17) is 11.6 Å². The average Bonchev–Trinajstić information content (AvgIpc) is 2.84. The minimum atomic E-state index is -0.950. The van der Waals surface area contributed by atoms with Gasteiger partial charge in [-0.3, -0.25) is 14.5 Å². The summed E-state index contributed by atoms with van der Waals surface area (Å²) in [6.07, 6.45) is 1.31. The second-order valence-corrected chi connectivity index (χ2v) is 9.80. The van der Waals surface area contributed by atoms with E-state index in [2.05, 4.69) is 10.2 Å². The van der Waals surface area contributed by atoms with Gasteiger partial charge in [0.05, 0.1) is 17.8 Å². The molecule has 2 aromatic carbocycles. The second kappa shape index (κ2) is 9.17. The number of carbonyl (C=O) groups excluding carboxylic acids is 2. The molecule has 2 N–H and O–H groups in total. The maximum atomic E-state index is 15.4. The molecule has 2 atom stereocenters. The predicted octanol–water partition coefficient (Wildman–Crippen LogP) is 2.22. The SMILES string of the molecule is O=C1CN(c2cccc(C(=O)N3CCN4C[C@@](O)(c5ccc(Cl)cc5)CC[C@@H]4C3)c2F)CCN1. The van der Waals surface area contributed by atoms with E-state index in [-0.39, 0.29) is 35.7 Å². The standard InChI is InChI=1S/C25H28ClFN4O3/c26-18-6-4-17(5-7-18)25(34)9-8-19-14-30(12-13-31(19)16-25)24(33)20-2-1-3-21(23(20)27)29-11-10-28-22(32)15-29/h1-7,19,34H,8-16H2,(H,28,32)/t19-,25-/m1/s1. The van der Waals surface area contributed by atoms with Crippen LogP contribution in [0.2, 0.25) is 5.02 Å². The Morgan fingerprint density at radius 1 is 1.15 bits per heavy atom. The van der Waals surface area contributed by atoms with Crippen molar-refractivity contribution in [3.63, 3.8) is 0 Å². The number of rotatable bonds is 3. The van der Waals surface area contributed by atoms with Gasteiger partial charge in [0.2, 0.25) is 5.91 Å². The molecule has 0 aliphatic carbocycles. The molecule has 7 nitrogen and oxygen atoms in total. The summed E-state index contributed by atoms with van der Waals surface area (Å²) in [5, 5.41) is 14.6. The van der Waals surface area contributed by atoms with Crippen molar-refractivity contribution in [2.45, 2.75) is 24.5 Å². The van der Waals surface area contributed by atoms with Gasteiger partial charge in [0.25, 0.3) is 5.91 Å². The smallest absolute Gasteiger partial charge is 0.257 e. The largest absolute Gasteiger partial charge is 0.384 e. The number of piperidine rings is 1. The van der Waals surface area contributed by atoms with Crippen LogP contribution in [0.15, 0.2) is 42.5 Å². The van der Waals surface area contributed by atoms with Crippen LogP contribution in [0.5, 0.6) is 0 Å². The number of amides is 2. The number of halogens is 2. The van der Waals surface area contributed by atoms with E-state index in [9.17, 15) is 14.7 Å². The van der Waals surface area contributed by atoms with Crippen LogP contribution in [-0.2, 0) is 10.4 Å². The molecule has 5 rings (SSSR count). The Morgan fingerprint density at radius 3 is 2.71 bits per heavy atom. The van der Waals surface area contributed by atoms with Crippen molar-refractivity contribution < 1.29 is 19.1 Å². The van der Waals surface area contributed by atoms with Crippen molar-refractivity contribution in [2.24, 2.45) is 0 Å². The highest BCUT2D eigenvalue weighted by Crippen LogP contribution is 2.36. The lowest BCUT2D eigenvalue weighted by atomic mass is 9.82. The molecule has 34 heavy (non-hydrogen) atoms. The average molecular weight is 487 g/mol. The summed E-state index contributed by atoms with van der Waals surface area (Å²) in [4.78, 5) is 30.6. The fraction of sp³-hybridized carbons (Fsp3) is 0.440. The van der Waals surface area contributed by atoms with Gasteiger partial charge in [-0.1, -0.05) is 29.8 Å². The van der Waals surface area contributed by atoms with Crippen LogP contribution in [0.4, 0.5) is 10.1 Å². The lowest BCUT2D eigenvalue weighted by Gasteiger charge is -2.49. The van der Waals surface area contributed by atoms with Gasteiger partial charge in [0.1, 0.15) is 5.60 Å². The van der Waals surface area contributed by atoms with Crippen LogP contribution < -0.4 is 10.2 Å². The molecule has 0 aromatic heterocycles. The molecule has 3 fully saturated rings. The maximum Gasteiger partial charge on any atom is 0.257 e. The maximum absolute atomic E-state index is 15.4. The minimum Gasteiger partial charge on any atom is -0.384 e. The Bertz CT molecular complexity index is 1100. The first kappa shape index (κ1) is 23.1. The number of carbonyl (C=O) groups is 2. The van der Waals surface area contributed by atoms with Gasteiger partial charge >= 0.3 is 0 Å². The first-order valence-corrected chi connectivity index (χ1v) is 12.0. The van der Waals surface area contributed by atoms with Crippen LogP contribution >= 0.6 is 11.6 Å². The second-order valence-electron chi connectivity index (χ2n) is 9.36. The molecule has 9 heteroatoms. The monoisotopic (exact) mass is 486 g/mol. The van der Waals surface area contributed by atoms with E-state index in [1.807, 2.05) is 12.1 Å². The Morgan fingerprint density at radius 2 is 1.94 bits per heavy atom. The number of anilines is 1. The number of aliphatic hydroxyl groups is 1. The highest BCUT2D eigenvalue weighted by molar-refractivity contribution is 6.30. The van der Waals surface area contributed by atoms with Crippen LogP contribution in [-0.4, -0.2) is 78.6 Å². The minimum absolute atomic E-state index is 0.0328. The first-order valence-electron chi connectivity index (χ1n) is 11.7. The summed E-state index contributed by atoms with van der Waals surface area (Å²) in [6.45, 7) is 3.07. The molecule has 2 aromatic rings. The highest BCUT2D eigenvalue weighted by Gasteiger charge is 2.42. The van der Waals surface area contributed by atoms with Gasteiger partial charge in [-0.25, -0.2) is 4.39 Å². The van der Waals surface area contributed by atoms with Gasteiger partial charge in [-0.05, 0) is 42.7 Å². The van der Waals surface area contributed by atoms with Crippen LogP contribution in [0.25, 0.3) is 0 Å². The molecule has 0 unspecified atom stereocenters. The Labute approximate surface area is 203 Å².